The zero-order valence-corrected chi connectivity index (χ0v) is 13.8. The molecule has 4 nitrogen and oxygen atoms in total. The van der Waals surface area contributed by atoms with Crippen LogP contribution in [0.15, 0.2) is 36.4 Å². The summed E-state index contributed by atoms with van der Waals surface area (Å²) in [5.74, 6) is -1.45. The molecule has 120 valence electrons. The summed E-state index contributed by atoms with van der Waals surface area (Å²) in [4.78, 5) is 24.1. The second kappa shape index (κ2) is 6.65. The normalized spacial score (nSPS) is 11.8. The van der Waals surface area contributed by atoms with Crippen LogP contribution in [-0.4, -0.2) is 17.0 Å². The summed E-state index contributed by atoms with van der Waals surface area (Å²) in [6, 6.07) is 10.0. The van der Waals surface area contributed by atoms with Gasteiger partial charge in [-0.1, -0.05) is 47.0 Å². The van der Waals surface area contributed by atoms with E-state index in [0.29, 0.717) is 11.1 Å². The average Bonchev–Trinajstić information content (AvgIpc) is 2.45. The highest BCUT2D eigenvalue weighted by molar-refractivity contribution is 5.98. The standard InChI is InChI=1S/C19H21NO3/c1-11-5-6-14(4)16(10-11)18(21)20-17(19(22)23)15-8-12(2)7-13(3)9-15/h5-10,17H,1-4H3,(H,20,21)(H,22,23). The van der Waals surface area contributed by atoms with E-state index in [1.165, 1.54) is 0 Å². The van der Waals surface area contributed by atoms with E-state index in [-0.39, 0.29) is 5.91 Å². The summed E-state index contributed by atoms with van der Waals surface area (Å²) in [6.45, 7) is 7.54. The molecule has 0 heterocycles. The van der Waals surface area contributed by atoms with E-state index in [1.807, 2.05) is 45.9 Å². The predicted octanol–water partition coefficient (Wildman–Crippen LogP) is 3.48. The topological polar surface area (TPSA) is 66.4 Å². The molecule has 0 aromatic heterocycles. The molecule has 0 aliphatic carbocycles. The number of carboxylic acids is 1. The van der Waals surface area contributed by atoms with E-state index < -0.39 is 12.0 Å². The fraction of sp³-hybridized carbons (Fsp3) is 0.263. The van der Waals surface area contributed by atoms with Gasteiger partial charge in [0, 0.05) is 5.56 Å². The van der Waals surface area contributed by atoms with Crippen LogP contribution >= 0.6 is 0 Å². The molecule has 0 spiro atoms. The number of rotatable bonds is 4. The number of amides is 1. The van der Waals surface area contributed by atoms with Crippen LogP contribution in [-0.2, 0) is 4.79 Å². The minimum atomic E-state index is -1.08. The van der Waals surface area contributed by atoms with Gasteiger partial charge in [-0.2, -0.15) is 0 Å². The Morgan fingerprint density at radius 2 is 1.52 bits per heavy atom. The molecule has 0 saturated carbocycles. The zero-order chi connectivity index (χ0) is 17.1. The third-order valence-corrected chi connectivity index (χ3v) is 3.74. The molecule has 0 aliphatic heterocycles. The van der Waals surface area contributed by atoms with Crippen molar-refractivity contribution in [3.63, 3.8) is 0 Å². The van der Waals surface area contributed by atoms with Gasteiger partial charge in [0.2, 0.25) is 0 Å². The first-order chi connectivity index (χ1) is 10.8. The molecule has 0 radical (unpaired) electrons. The van der Waals surface area contributed by atoms with Crippen LogP contribution in [0.2, 0.25) is 0 Å². The van der Waals surface area contributed by atoms with Crippen LogP contribution in [0, 0.1) is 27.7 Å². The number of benzene rings is 2. The van der Waals surface area contributed by atoms with Crippen LogP contribution in [0.3, 0.4) is 0 Å². The van der Waals surface area contributed by atoms with Crippen molar-refractivity contribution in [3.05, 3.63) is 69.8 Å². The number of carbonyl (C=O) groups is 2. The van der Waals surface area contributed by atoms with Gasteiger partial charge in [-0.3, -0.25) is 4.79 Å². The van der Waals surface area contributed by atoms with Gasteiger partial charge in [-0.05, 0) is 44.9 Å². The molecule has 2 aromatic rings. The molecular formula is C19H21NO3. The number of aliphatic carboxylic acids is 1. The maximum Gasteiger partial charge on any atom is 0.330 e. The van der Waals surface area contributed by atoms with Crippen LogP contribution in [0.1, 0.15) is 44.2 Å². The lowest BCUT2D eigenvalue weighted by Gasteiger charge is -2.17. The summed E-state index contributed by atoms with van der Waals surface area (Å²) in [5, 5.41) is 12.1. The van der Waals surface area contributed by atoms with Crippen molar-refractivity contribution in [1.29, 1.82) is 0 Å². The number of hydrogen-bond acceptors (Lipinski definition) is 2. The molecule has 4 heteroatoms. The fourth-order valence-corrected chi connectivity index (χ4v) is 2.65. The third-order valence-electron chi connectivity index (χ3n) is 3.74. The highest BCUT2D eigenvalue weighted by Crippen LogP contribution is 2.19. The summed E-state index contributed by atoms with van der Waals surface area (Å²) >= 11 is 0. The number of hydrogen-bond donors (Lipinski definition) is 2. The third kappa shape index (κ3) is 3.97. The largest absolute Gasteiger partial charge is 0.479 e. The van der Waals surface area contributed by atoms with Gasteiger partial charge in [0.25, 0.3) is 5.91 Å². The molecule has 23 heavy (non-hydrogen) atoms. The van der Waals surface area contributed by atoms with Crippen molar-refractivity contribution in [1.82, 2.24) is 5.32 Å². The molecule has 2 aromatic carbocycles. The summed E-state index contributed by atoms with van der Waals surface area (Å²) in [6.07, 6.45) is 0. The van der Waals surface area contributed by atoms with Gasteiger partial charge < -0.3 is 10.4 Å². The minimum absolute atomic E-state index is 0.377. The van der Waals surface area contributed by atoms with Crippen LogP contribution < -0.4 is 5.32 Å². The second-order valence-corrected chi connectivity index (χ2v) is 5.98. The Balaban J connectivity index is 2.34. The highest BCUT2D eigenvalue weighted by atomic mass is 16.4. The van der Waals surface area contributed by atoms with Crippen molar-refractivity contribution in [2.75, 3.05) is 0 Å². The van der Waals surface area contributed by atoms with Crippen molar-refractivity contribution in [2.45, 2.75) is 33.7 Å². The van der Waals surface area contributed by atoms with Gasteiger partial charge in [0.1, 0.15) is 0 Å². The van der Waals surface area contributed by atoms with Gasteiger partial charge in [0.15, 0.2) is 6.04 Å². The Hall–Kier alpha value is -2.62. The smallest absolute Gasteiger partial charge is 0.330 e. The Morgan fingerprint density at radius 3 is 2.09 bits per heavy atom. The first-order valence-electron chi connectivity index (χ1n) is 7.47. The second-order valence-electron chi connectivity index (χ2n) is 5.98. The monoisotopic (exact) mass is 311 g/mol. The first-order valence-corrected chi connectivity index (χ1v) is 7.47. The lowest BCUT2D eigenvalue weighted by molar-refractivity contribution is -0.139. The molecule has 0 bridgehead atoms. The number of aryl methyl sites for hydroxylation is 4. The number of nitrogens with one attached hydrogen (secondary N) is 1. The quantitative estimate of drug-likeness (QED) is 0.908. The summed E-state index contributed by atoms with van der Waals surface area (Å²) in [7, 11) is 0. The molecule has 2 rings (SSSR count). The Kier molecular flexibility index (Phi) is 4.84. The number of carboxylic acid groups (broad SMARTS) is 1. The van der Waals surface area contributed by atoms with Crippen molar-refractivity contribution < 1.29 is 14.7 Å². The van der Waals surface area contributed by atoms with E-state index in [9.17, 15) is 14.7 Å². The lowest BCUT2D eigenvalue weighted by atomic mass is 10.00. The SMILES string of the molecule is Cc1cc(C)cc(C(NC(=O)c2cc(C)ccc2C)C(=O)O)c1. The van der Waals surface area contributed by atoms with Crippen LogP contribution in [0.5, 0.6) is 0 Å². The molecule has 1 unspecified atom stereocenters. The highest BCUT2D eigenvalue weighted by Gasteiger charge is 2.23. The van der Waals surface area contributed by atoms with E-state index in [4.69, 9.17) is 0 Å². The van der Waals surface area contributed by atoms with Crippen molar-refractivity contribution >= 4 is 11.9 Å². The zero-order valence-electron chi connectivity index (χ0n) is 13.8. The maximum absolute atomic E-state index is 12.5. The van der Waals surface area contributed by atoms with E-state index >= 15 is 0 Å². The lowest BCUT2D eigenvalue weighted by Crippen LogP contribution is -2.34. The number of carbonyl (C=O) groups excluding carboxylic acids is 1. The van der Waals surface area contributed by atoms with Gasteiger partial charge in [0.05, 0.1) is 0 Å². The Bertz CT molecular complexity index is 745. The minimum Gasteiger partial charge on any atom is -0.479 e. The van der Waals surface area contributed by atoms with Crippen molar-refractivity contribution in [2.24, 2.45) is 0 Å². The molecule has 1 atom stereocenters. The van der Waals surface area contributed by atoms with Crippen molar-refractivity contribution in [3.8, 4) is 0 Å². The Morgan fingerprint density at radius 1 is 0.913 bits per heavy atom. The summed E-state index contributed by atoms with van der Waals surface area (Å²) < 4.78 is 0. The van der Waals surface area contributed by atoms with Gasteiger partial charge in [-0.15, -0.1) is 0 Å². The predicted molar refractivity (Wildman–Crippen MR) is 89.7 cm³/mol. The molecule has 0 fully saturated rings. The fourth-order valence-electron chi connectivity index (χ4n) is 2.65. The molecular weight excluding hydrogens is 290 g/mol. The molecule has 2 N–H and O–H groups in total. The maximum atomic E-state index is 12.5. The van der Waals surface area contributed by atoms with E-state index in [2.05, 4.69) is 5.32 Å². The van der Waals surface area contributed by atoms with E-state index in [1.54, 1.807) is 18.2 Å². The summed E-state index contributed by atoms with van der Waals surface area (Å²) in [5.41, 5.74) is 4.78. The molecule has 0 aliphatic rings. The van der Waals surface area contributed by atoms with Gasteiger partial charge >= 0.3 is 5.97 Å². The van der Waals surface area contributed by atoms with Crippen LogP contribution in [0.4, 0.5) is 0 Å². The van der Waals surface area contributed by atoms with Gasteiger partial charge in [-0.25, -0.2) is 4.79 Å². The molecule has 1 amide bonds. The first kappa shape index (κ1) is 16.7. The Labute approximate surface area is 136 Å². The van der Waals surface area contributed by atoms with E-state index in [0.717, 1.165) is 22.3 Å². The van der Waals surface area contributed by atoms with Crippen LogP contribution in [0.25, 0.3) is 0 Å². The average molecular weight is 311 g/mol. The molecule has 0 saturated heterocycles.